The van der Waals surface area contributed by atoms with Crippen molar-refractivity contribution in [2.75, 3.05) is 26.2 Å². The van der Waals surface area contributed by atoms with Crippen molar-refractivity contribution in [1.82, 2.24) is 24.9 Å². The number of aromatic nitrogens is 3. The van der Waals surface area contributed by atoms with Crippen LogP contribution in [0.15, 0.2) is 16.0 Å². The van der Waals surface area contributed by atoms with E-state index in [9.17, 15) is 4.79 Å². The molecule has 0 N–H and O–H groups in total. The minimum absolute atomic E-state index is 0.0322. The summed E-state index contributed by atoms with van der Waals surface area (Å²) in [6.45, 7) is 11.9. The van der Waals surface area contributed by atoms with E-state index in [1.807, 2.05) is 24.8 Å². The summed E-state index contributed by atoms with van der Waals surface area (Å²) in [6.07, 6.45) is 0. The molecule has 4 heterocycles. The summed E-state index contributed by atoms with van der Waals surface area (Å²) in [5.74, 6) is 0.240. The fraction of sp³-hybridized carbons (Fsp3) is 0.500. The van der Waals surface area contributed by atoms with Crippen LogP contribution < -0.4 is 0 Å². The molecule has 0 spiro atoms. The maximum atomic E-state index is 13.3. The van der Waals surface area contributed by atoms with Gasteiger partial charge in [0.2, 0.25) is 0 Å². The summed E-state index contributed by atoms with van der Waals surface area (Å²) in [5.41, 5.74) is 3.77. The summed E-state index contributed by atoms with van der Waals surface area (Å²) < 4.78 is 5.36. The van der Waals surface area contributed by atoms with Crippen molar-refractivity contribution >= 4 is 28.3 Å². The van der Waals surface area contributed by atoms with Gasteiger partial charge in [-0.3, -0.25) is 9.69 Å². The zero-order chi connectivity index (χ0) is 19.8. The Kier molecular flexibility index (Phi) is 5.16. The molecule has 0 aromatic carbocycles. The van der Waals surface area contributed by atoms with Gasteiger partial charge < -0.3 is 9.42 Å². The van der Waals surface area contributed by atoms with Crippen LogP contribution in [0.2, 0.25) is 0 Å². The second kappa shape index (κ2) is 7.60. The Balaban J connectivity index is 1.51. The number of hydrogen-bond donors (Lipinski definition) is 0. The van der Waals surface area contributed by atoms with Crippen molar-refractivity contribution in [3.63, 3.8) is 0 Å². The summed E-state index contributed by atoms with van der Waals surface area (Å²) >= 11 is 1.68. The SMILES string of the molecule is Cc1nc(CN2CCN(C(=O)c3cc(C(C)C)nc4onc(C)c34)CC2)cs1. The molecule has 0 radical (unpaired) electrons. The van der Waals surface area contributed by atoms with E-state index in [4.69, 9.17) is 4.52 Å². The molecule has 4 rings (SSSR count). The molecule has 1 saturated heterocycles. The lowest BCUT2D eigenvalue weighted by Crippen LogP contribution is -2.48. The van der Waals surface area contributed by atoms with Crippen LogP contribution in [-0.2, 0) is 6.54 Å². The maximum absolute atomic E-state index is 13.3. The van der Waals surface area contributed by atoms with Gasteiger partial charge in [-0.05, 0) is 25.8 Å². The van der Waals surface area contributed by atoms with E-state index in [1.165, 1.54) is 0 Å². The Morgan fingerprint density at radius 1 is 1.21 bits per heavy atom. The van der Waals surface area contributed by atoms with Crippen molar-refractivity contribution in [2.45, 2.75) is 40.2 Å². The van der Waals surface area contributed by atoms with Gasteiger partial charge in [0.25, 0.3) is 11.6 Å². The second-order valence-electron chi connectivity index (χ2n) is 7.62. The van der Waals surface area contributed by atoms with Crippen LogP contribution >= 0.6 is 11.3 Å². The number of amides is 1. The Morgan fingerprint density at radius 3 is 2.61 bits per heavy atom. The lowest BCUT2D eigenvalue weighted by atomic mass is 10.0. The molecule has 0 unspecified atom stereocenters. The Labute approximate surface area is 168 Å². The van der Waals surface area contributed by atoms with Gasteiger partial charge in [-0.2, -0.15) is 0 Å². The third-order valence-electron chi connectivity index (χ3n) is 5.17. The molecule has 0 saturated carbocycles. The first kappa shape index (κ1) is 19.0. The number of rotatable bonds is 4. The van der Waals surface area contributed by atoms with E-state index in [1.54, 1.807) is 11.3 Å². The van der Waals surface area contributed by atoms with E-state index in [0.29, 0.717) is 30.1 Å². The van der Waals surface area contributed by atoms with Crippen LogP contribution in [0.4, 0.5) is 0 Å². The Hall–Kier alpha value is -2.32. The molecular weight excluding hydrogens is 374 g/mol. The third kappa shape index (κ3) is 3.66. The minimum Gasteiger partial charge on any atom is -0.336 e. The minimum atomic E-state index is 0.0322. The van der Waals surface area contributed by atoms with Crippen molar-refractivity contribution in [3.05, 3.63) is 39.1 Å². The first-order chi connectivity index (χ1) is 13.4. The first-order valence-electron chi connectivity index (χ1n) is 9.62. The van der Waals surface area contributed by atoms with E-state index in [2.05, 4.69) is 39.3 Å². The van der Waals surface area contributed by atoms with Crippen molar-refractivity contribution in [3.8, 4) is 0 Å². The molecule has 1 fully saturated rings. The molecule has 3 aromatic rings. The van der Waals surface area contributed by atoms with E-state index in [-0.39, 0.29) is 11.8 Å². The van der Waals surface area contributed by atoms with E-state index in [0.717, 1.165) is 41.4 Å². The molecule has 1 amide bonds. The van der Waals surface area contributed by atoms with Crippen molar-refractivity contribution in [2.24, 2.45) is 0 Å². The number of aryl methyl sites for hydroxylation is 2. The number of hydrogen-bond acceptors (Lipinski definition) is 7. The quantitative estimate of drug-likeness (QED) is 0.669. The molecule has 1 aliphatic heterocycles. The number of carbonyl (C=O) groups is 1. The number of pyridine rings is 1. The fourth-order valence-electron chi connectivity index (χ4n) is 3.57. The second-order valence-corrected chi connectivity index (χ2v) is 8.69. The highest BCUT2D eigenvalue weighted by Crippen LogP contribution is 2.26. The molecule has 148 valence electrons. The highest BCUT2D eigenvalue weighted by Gasteiger charge is 2.26. The average Bonchev–Trinajstić information content (AvgIpc) is 3.26. The molecule has 0 bridgehead atoms. The van der Waals surface area contributed by atoms with Gasteiger partial charge in [0.1, 0.15) is 0 Å². The standard InChI is InChI=1S/C20H25N5O2S/c1-12(2)17-9-16(18-13(3)23-27-19(18)22-17)20(26)25-7-5-24(6-8-25)10-15-11-28-14(4)21-15/h9,11-12H,5-8,10H2,1-4H3. The van der Waals surface area contributed by atoms with E-state index < -0.39 is 0 Å². The lowest BCUT2D eigenvalue weighted by Gasteiger charge is -2.34. The zero-order valence-corrected chi connectivity index (χ0v) is 17.5. The normalized spacial score (nSPS) is 15.7. The van der Waals surface area contributed by atoms with Crippen molar-refractivity contribution in [1.29, 1.82) is 0 Å². The number of carbonyl (C=O) groups excluding carboxylic acids is 1. The molecule has 0 atom stereocenters. The van der Waals surface area contributed by atoms with Crippen LogP contribution in [0.1, 0.15) is 52.2 Å². The molecule has 3 aromatic heterocycles. The molecule has 1 aliphatic rings. The average molecular weight is 400 g/mol. The Morgan fingerprint density at radius 2 is 1.96 bits per heavy atom. The van der Waals surface area contributed by atoms with Crippen LogP contribution in [0.3, 0.4) is 0 Å². The van der Waals surface area contributed by atoms with Gasteiger partial charge >= 0.3 is 0 Å². The van der Waals surface area contributed by atoms with Gasteiger partial charge in [0, 0.05) is 43.8 Å². The van der Waals surface area contributed by atoms with Crippen molar-refractivity contribution < 1.29 is 9.32 Å². The van der Waals surface area contributed by atoms with E-state index >= 15 is 0 Å². The van der Waals surface area contributed by atoms with Gasteiger partial charge in [-0.15, -0.1) is 11.3 Å². The summed E-state index contributed by atoms with van der Waals surface area (Å²) in [5, 5.41) is 7.96. The highest BCUT2D eigenvalue weighted by atomic mass is 32.1. The van der Waals surface area contributed by atoms with Crippen LogP contribution in [0.25, 0.3) is 11.1 Å². The highest BCUT2D eigenvalue weighted by molar-refractivity contribution is 7.09. The zero-order valence-electron chi connectivity index (χ0n) is 16.7. The van der Waals surface area contributed by atoms with Crippen LogP contribution in [0.5, 0.6) is 0 Å². The summed E-state index contributed by atoms with van der Waals surface area (Å²) in [4.78, 5) is 26.7. The predicted octanol–water partition coefficient (Wildman–Crippen LogP) is 3.38. The van der Waals surface area contributed by atoms with Crippen LogP contribution in [0, 0.1) is 13.8 Å². The van der Waals surface area contributed by atoms with Gasteiger partial charge in [0.05, 0.1) is 27.3 Å². The third-order valence-corrected chi connectivity index (χ3v) is 5.99. The van der Waals surface area contributed by atoms with Gasteiger partial charge in [-0.25, -0.2) is 9.97 Å². The van der Waals surface area contributed by atoms with Crippen LogP contribution in [-0.4, -0.2) is 57.0 Å². The molecule has 28 heavy (non-hydrogen) atoms. The summed E-state index contributed by atoms with van der Waals surface area (Å²) in [7, 11) is 0. The van der Waals surface area contributed by atoms with Gasteiger partial charge in [0.15, 0.2) is 0 Å². The fourth-order valence-corrected chi connectivity index (χ4v) is 4.17. The lowest BCUT2D eigenvalue weighted by molar-refractivity contribution is 0.0629. The molecule has 7 nitrogen and oxygen atoms in total. The topological polar surface area (TPSA) is 75.4 Å². The smallest absolute Gasteiger partial charge is 0.259 e. The number of piperazine rings is 1. The van der Waals surface area contributed by atoms with Gasteiger partial charge in [-0.1, -0.05) is 19.0 Å². The summed E-state index contributed by atoms with van der Waals surface area (Å²) in [6, 6.07) is 1.91. The molecule has 8 heteroatoms. The number of thiazole rings is 1. The largest absolute Gasteiger partial charge is 0.336 e. The molecular formula is C20H25N5O2S. The first-order valence-corrected chi connectivity index (χ1v) is 10.5. The number of fused-ring (bicyclic) bond motifs is 1. The Bertz CT molecular complexity index is 1000. The number of nitrogens with zero attached hydrogens (tertiary/aromatic N) is 5. The molecule has 0 aliphatic carbocycles. The maximum Gasteiger partial charge on any atom is 0.259 e. The predicted molar refractivity (Wildman–Crippen MR) is 109 cm³/mol. The monoisotopic (exact) mass is 399 g/mol.